The maximum absolute atomic E-state index is 13.7. The van der Waals surface area contributed by atoms with E-state index in [1.165, 1.54) is 6.08 Å². The van der Waals surface area contributed by atoms with Crippen molar-refractivity contribution in [3.63, 3.8) is 0 Å². The Balaban J connectivity index is 2.42. The molecule has 1 nitrogen and oxygen atoms in total. The molecule has 0 saturated heterocycles. The Bertz CT molecular complexity index is 701. The largest absolute Gasteiger partial charge is 0.451 e. The van der Waals surface area contributed by atoms with E-state index < -0.39 is 34.1 Å². The van der Waals surface area contributed by atoms with Crippen molar-refractivity contribution in [3.8, 4) is 11.5 Å². The first-order valence-electron chi connectivity index (χ1n) is 5.88. The highest BCUT2D eigenvalue weighted by atomic mass is 35.5. The van der Waals surface area contributed by atoms with E-state index in [0.29, 0.717) is 6.07 Å². The predicted molar refractivity (Wildman–Crippen MR) is 73.0 cm³/mol. The molecule has 0 aliphatic rings. The van der Waals surface area contributed by atoms with Gasteiger partial charge >= 0.3 is 6.18 Å². The average Bonchev–Trinajstić information content (AvgIpc) is 2.43. The lowest BCUT2D eigenvalue weighted by Gasteiger charge is -2.13. The highest BCUT2D eigenvalue weighted by Crippen LogP contribution is 2.38. The molecule has 0 bridgehead atoms. The van der Waals surface area contributed by atoms with Crippen LogP contribution in [0.15, 0.2) is 36.9 Å². The maximum Gasteiger partial charge on any atom is 0.417 e. The van der Waals surface area contributed by atoms with Gasteiger partial charge in [0.15, 0.2) is 17.4 Å². The van der Waals surface area contributed by atoms with Crippen molar-refractivity contribution in [3.05, 3.63) is 64.7 Å². The highest BCUT2D eigenvalue weighted by molar-refractivity contribution is 6.31. The summed E-state index contributed by atoms with van der Waals surface area (Å²) in [4.78, 5) is 0. The van der Waals surface area contributed by atoms with Gasteiger partial charge < -0.3 is 4.74 Å². The molecule has 0 spiro atoms. The molecular weight excluding hydrogens is 327 g/mol. The minimum Gasteiger partial charge on any atom is -0.451 e. The zero-order chi connectivity index (χ0) is 16.5. The van der Waals surface area contributed by atoms with Crippen LogP contribution in [0.1, 0.15) is 11.1 Å². The molecule has 2 rings (SSSR count). The molecule has 0 N–H and O–H groups in total. The Morgan fingerprint density at radius 1 is 1.05 bits per heavy atom. The normalized spacial score (nSPS) is 11.4. The molecule has 0 aliphatic heterocycles. The molecule has 0 radical (unpaired) electrons. The van der Waals surface area contributed by atoms with Gasteiger partial charge in [-0.3, -0.25) is 0 Å². The lowest BCUT2D eigenvalue weighted by molar-refractivity contribution is -0.137. The third-order valence-electron chi connectivity index (χ3n) is 2.72. The number of hydrogen-bond donors (Lipinski definition) is 0. The first kappa shape index (κ1) is 16.3. The van der Waals surface area contributed by atoms with E-state index in [1.807, 2.05) is 0 Å². The van der Waals surface area contributed by atoms with Crippen molar-refractivity contribution in [1.29, 1.82) is 0 Å². The standard InChI is InChI=1S/C15H8ClF5O/c1-2-8-5-12(17)14(13(18)6-8)22-9-3-4-11(16)10(7-9)15(19,20)21/h2-7H,1H2. The van der Waals surface area contributed by atoms with E-state index in [-0.39, 0.29) is 11.3 Å². The molecular formula is C15H8ClF5O. The first-order valence-corrected chi connectivity index (χ1v) is 6.26. The van der Waals surface area contributed by atoms with Crippen molar-refractivity contribution in [2.75, 3.05) is 0 Å². The fourth-order valence-corrected chi connectivity index (χ4v) is 1.92. The molecule has 2 aromatic carbocycles. The summed E-state index contributed by atoms with van der Waals surface area (Å²) in [5, 5.41) is -0.539. The van der Waals surface area contributed by atoms with Gasteiger partial charge in [-0.15, -0.1) is 0 Å². The van der Waals surface area contributed by atoms with Crippen LogP contribution >= 0.6 is 11.6 Å². The van der Waals surface area contributed by atoms with Gasteiger partial charge in [0.05, 0.1) is 10.6 Å². The van der Waals surface area contributed by atoms with E-state index in [1.54, 1.807) is 0 Å². The summed E-state index contributed by atoms with van der Waals surface area (Å²) in [5.74, 6) is -3.31. The number of alkyl halides is 3. The Hall–Kier alpha value is -2.08. The van der Waals surface area contributed by atoms with Crippen molar-refractivity contribution in [2.45, 2.75) is 6.18 Å². The second-order valence-electron chi connectivity index (χ2n) is 4.26. The van der Waals surface area contributed by atoms with Crippen molar-refractivity contribution >= 4 is 17.7 Å². The molecule has 116 valence electrons. The van der Waals surface area contributed by atoms with Gasteiger partial charge in [-0.05, 0) is 35.9 Å². The van der Waals surface area contributed by atoms with Gasteiger partial charge in [-0.2, -0.15) is 13.2 Å². The van der Waals surface area contributed by atoms with Crippen LogP contribution in [-0.4, -0.2) is 0 Å². The Morgan fingerprint density at radius 3 is 2.14 bits per heavy atom. The summed E-state index contributed by atoms with van der Waals surface area (Å²) < 4.78 is 70.5. The van der Waals surface area contributed by atoms with E-state index in [9.17, 15) is 22.0 Å². The van der Waals surface area contributed by atoms with E-state index in [0.717, 1.165) is 24.3 Å². The van der Waals surface area contributed by atoms with E-state index in [2.05, 4.69) is 6.58 Å². The Labute approximate surface area is 127 Å². The summed E-state index contributed by atoms with van der Waals surface area (Å²) in [6, 6.07) is 4.49. The maximum atomic E-state index is 13.7. The lowest BCUT2D eigenvalue weighted by atomic mass is 10.2. The quantitative estimate of drug-likeness (QED) is 0.619. The summed E-state index contributed by atoms with van der Waals surface area (Å²) >= 11 is 5.45. The topological polar surface area (TPSA) is 9.23 Å². The molecule has 0 saturated carbocycles. The van der Waals surface area contributed by atoms with Gasteiger partial charge in [0.25, 0.3) is 0 Å². The minimum atomic E-state index is -4.71. The summed E-state index contributed by atoms with van der Waals surface area (Å²) in [7, 11) is 0. The Kier molecular flexibility index (Phi) is 4.42. The molecule has 0 aliphatic carbocycles. The van der Waals surface area contributed by atoms with Crippen LogP contribution < -0.4 is 4.74 Å². The number of ether oxygens (including phenoxy) is 1. The number of rotatable bonds is 3. The number of benzene rings is 2. The number of hydrogen-bond acceptors (Lipinski definition) is 1. The fraction of sp³-hybridized carbons (Fsp3) is 0.0667. The predicted octanol–water partition coefficient (Wildman–Crippen LogP) is 6.07. The summed E-state index contributed by atoms with van der Waals surface area (Å²) in [6.45, 7) is 3.36. The third kappa shape index (κ3) is 3.39. The van der Waals surface area contributed by atoms with Gasteiger partial charge in [-0.25, -0.2) is 8.78 Å². The van der Waals surface area contributed by atoms with E-state index >= 15 is 0 Å². The second kappa shape index (κ2) is 5.96. The average molecular weight is 335 g/mol. The summed E-state index contributed by atoms with van der Waals surface area (Å²) in [5.41, 5.74) is -0.982. The lowest BCUT2D eigenvalue weighted by Crippen LogP contribution is -2.06. The van der Waals surface area contributed by atoms with Crippen LogP contribution in [0.25, 0.3) is 6.08 Å². The van der Waals surface area contributed by atoms with Crippen LogP contribution in [0, 0.1) is 11.6 Å². The third-order valence-corrected chi connectivity index (χ3v) is 3.05. The second-order valence-corrected chi connectivity index (χ2v) is 4.67. The van der Waals surface area contributed by atoms with Crippen LogP contribution in [-0.2, 0) is 6.18 Å². The molecule has 0 heterocycles. The van der Waals surface area contributed by atoms with Crippen LogP contribution in [0.5, 0.6) is 11.5 Å². The fourth-order valence-electron chi connectivity index (χ4n) is 1.70. The molecule has 0 unspecified atom stereocenters. The first-order chi connectivity index (χ1) is 10.2. The molecule has 22 heavy (non-hydrogen) atoms. The number of halogens is 6. The summed E-state index contributed by atoms with van der Waals surface area (Å²) in [6.07, 6.45) is -3.49. The van der Waals surface area contributed by atoms with Gasteiger partial charge in [0.2, 0.25) is 0 Å². The van der Waals surface area contributed by atoms with E-state index in [4.69, 9.17) is 16.3 Å². The van der Waals surface area contributed by atoms with Gasteiger partial charge in [0, 0.05) is 0 Å². The van der Waals surface area contributed by atoms with Crippen LogP contribution in [0.2, 0.25) is 5.02 Å². The van der Waals surface area contributed by atoms with Crippen molar-refractivity contribution in [1.82, 2.24) is 0 Å². The zero-order valence-corrected chi connectivity index (χ0v) is 11.6. The van der Waals surface area contributed by atoms with Crippen LogP contribution in [0.4, 0.5) is 22.0 Å². The molecule has 0 aromatic heterocycles. The molecule has 7 heteroatoms. The monoisotopic (exact) mass is 334 g/mol. The smallest absolute Gasteiger partial charge is 0.417 e. The Morgan fingerprint density at radius 2 is 1.64 bits per heavy atom. The molecule has 0 fully saturated rings. The molecule has 0 atom stereocenters. The van der Waals surface area contributed by atoms with Gasteiger partial charge in [0.1, 0.15) is 5.75 Å². The SMILES string of the molecule is C=Cc1cc(F)c(Oc2ccc(Cl)c(C(F)(F)F)c2)c(F)c1. The molecule has 2 aromatic rings. The van der Waals surface area contributed by atoms with Crippen LogP contribution in [0.3, 0.4) is 0 Å². The van der Waals surface area contributed by atoms with Crippen molar-refractivity contribution < 1.29 is 26.7 Å². The van der Waals surface area contributed by atoms with Crippen molar-refractivity contribution in [2.24, 2.45) is 0 Å². The minimum absolute atomic E-state index is 0.175. The zero-order valence-electron chi connectivity index (χ0n) is 10.8. The highest BCUT2D eigenvalue weighted by Gasteiger charge is 2.33. The van der Waals surface area contributed by atoms with Gasteiger partial charge in [-0.1, -0.05) is 24.3 Å². The molecule has 0 amide bonds.